The second-order valence-electron chi connectivity index (χ2n) is 8.35. The Morgan fingerprint density at radius 1 is 1.03 bits per heavy atom. The molecule has 4 rings (SSSR count). The Morgan fingerprint density at radius 2 is 1.75 bits per heavy atom. The van der Waals surface area contributed by atoms with Crippen LogP contribution in [0, 0.1) is 6.92 Å². The summed E-state index contributed by atoms with van der Waals surface area (Å²) in [7, 11) is 1.34. The summed E-state index contributed by atoms with van der Waals surface area (Å²) in [5.41, 5.74) is 3.16. The van der Waals surface area contributed by atoms with Crippen molar-refractivity contribution < 1.29 is 19.1 Å². The molecule has 0 saturated heterocycles. The van der Waals surface area contributed by atoms with E-state index in [0.717, 1.165) is 10.9 Å². The summed E-state index contributed by atoms with van der Waals surface area (Å²) in [6.07, 6.45) is 1.15. The fourth-order valence-corrected chi connectivity index (χ4v) is 3.23. The maximum absolute atomic E-state index is 12.7. The quantitative estimate of drug-likeness (QED) is 0.447. The van der Waals surface area contributed by atoms with Crippen molar-refractivity contribution in [2.45, 2.75) is 33.3 Å². The third-order valence-electron chi connectivity index (χ3n) is 4.69. The average Bonchev–Trinajstić information content (AvgIpc) is 3.36. The third kappa shape index (κ3) is 4.09. The standard InChI is InChI=1S/C23H23N5O4/c1-14-6-11-19-17(12-14)20(25-28(19)22(30)32-23(2,3)4)18-13-27(26-24-18)16-9-7-15(8-10-16)21(29)31-5/h6-13H,1-5H3. The number of fused-ring (bicyclic) bond motifs is 1. The van der Waals surface area contributed by atoms with Gasteiger partial charge in [0.1, 0.15) is 17.0 Å². The van der Waals surface area contributed by atoms with Crippen LogP contribution in [0.2, 0.25) is 0 Å². The Bertz CT molecular complexity index is 1310. The van der Waals surface area contributed by atoms with Gasteiger partial charge in [0.25, 0.3) is 0 Å². The molecule has 0 saturated carbocycles. The number of hydrogen-bond acceptors (Lipinski definition) is 7. The Hall–Kier alpha value is -4.01. The van der Waals surface area contributed by atoms with Gasteiger partial charge in [-0.2, -0.15) is 9.78 Å². The number of esters is 1. The maximum Gasteiger partial charge on any atom is 0.435 e. The van der Waals surface area contributed by atoms with Gasteiger partial charge in [-0.05, 0) is 64.1 Å². The number of hydrogen-bond donors (Lipinski definition) is 0. The molecule has 9 heteroatoms. The van der Waals surface area contributed by atoms with E-state index in [1.165, 1.54) is 11.8 Å². The number of nitrogens with zero attached hydrogens (tertiary/aromatic N) is 5. The van der Waals surface area contributed by atoms with Crippen LogP contribution < -0.4 is 0 Å². The number of aryl methyl sites for hydroxylation is 1. The number of benzene rings is 2. The van der Waals surface area contributed by atoms with Crippen molar-refractivity contribution in [2.24, 2.45) is 0 Å². The molecule has 0 bridgehead atoms. The number of carbonyl (C=O) groups excluding carboxylic acids is 2. The first kappa shape index (κ1) is 21.2. The molecule has 2 aromatic heterocycles. The highest BCUT2D eigenvalue weighted by molar-refractivity contribution is 5.97. The predicted octanol–water partition coefficient (Wildman–Crippen LogP) is 4.16. The summed E-state index contributed by atoms with van der Waals surface area (Å²) in [5, 5.41) is 13.7. The fourth-order valence-electron chi connectivity index (χ4n) is 3.23. The molecule has 0 aliphatic heterocycles. The zero-order valence-corrected chi connectivity index (χ0v) is 18.5. The molecule has 2 aromatic carbocycles. The van der Waals surface area contributed by atoms with Crippen LogP contribution in [0.3, 0.4) is 0 Å². The normalized spacial score (nSPS) is 11.5. The Morgan fingerprint density at radius 3 is 2.41 bits per heavy atom. The lowest BCUT2D eigenvalue weighted by Gasteiger charge is -2.19. The molecule has 0 aliphatic rings. The highest BCUT2D eigenvalue weighted by Crippen LogP contribution is 2.28. The topological polar surface area (TPSA) is 101 Å². The van der Waals surface area contributed by atoms with Gasteiger partial charge in [-0.25, -0.2) is 14.3 Å². The Kier molecular flexibility index (Phi) is 5.25. The van der Waals surface area contributed by atoms with Crippen LogP contribution in [0.15, 0.2) is 48.7 Å². The molecule has 0 spiro atoms. The molecule has 2 heterocycles. The molecule has 0 atom stereocenters. The molecule has 0 N–H and O–H groups in total. The summed E-state index contributed by atoms with van der Waals surface area (Å²) in [4.78, 5) is 24.4. The minimum absolute atomic E-state index is 0.412. The van der Waals surface area contributed by atoms with Gasteiger partial charge in [0.2, 0.25) is 0 Å². The number of ether oxygens (including phenoxy) is 2. The SMILES string of the molecule is COC(=O)c1ccc(-n2cc(-c3nn(C(=O)OC(C)(C)C)c4ccc(C)cc34)nn2)cc1. The lowest BCUT2D eigenvalue weighted by molar-refractivity contribution is 0.0522. The molecule has 9 nitrogen and oxygen atoms in total. The third-order valence-corrected chi connectivity index (χ3v) is 4.69. The second kappa shape index (κ2) is 7.92. The fraction of sp³-hybridized carbons (Fsp3) is 0.261. The lowest BCUT2D eigenvalue weighted by atomic mass is 10.1. The van der Waals surface area contributed by atoms with Gasteiger partial charge in [0.05, 0.1) is 30.1 Å². The average molecular weight is 433 g/mol. The number of aromatic nitrogens is 5. The van der Waals surface area contributed by atoms with E-state index in [0.29, 0.717) is 28.2 Å². The number of carbonyl (C=O) groups is 2. The molecule has 0 aliphatic carbocycles. The van der Waals surface area contributed by atoms with Crippen molar-refractivity contribution in [1.82, 2.24) is 24.8 Å². The summed E-state index contributed by atoms with van der Waals surface area (Å²) < 4.78 is 13.1. The monoisotopic (exact) mass is 433 g/mol. The zero-order valence-electron chi connectivity index (χ0n) is 18.5. The van der Waals surface area contributed by atoms with E-state index in [2.05, 4.69) is 15.4 Å². The molecule has 0 fully saturated rings. The molecule has 0 amide bonds. The first-order chi connectivity index (χ1) is 15.2. The lowest BCUT2D eigenvalue weighted by Crippen LogP contribution is -2.27. The first-order valence-electron chi connectivity index (χ1n) is 10.0. The van der Waals surface area contributed by atoms with E-state index < -0.39 is 17.7 Å². The maximum atomic E-state index is 12.7. The highest BCUT2D eigenvalue weighted by atomic mass is 16.6. The molecule has 32 heavy (non-hydrogen) atoms. The van der Waals surface area contributed by atoms with Crippen LogP contribution in [0.4, 0.5) is 4.79 Å². The second-order valence-corrected chi connectivity index (χ2v) is 8.35. The Labute approximate surface area is 184 Å². The van der Waals surface area contributed by atoms with Gasteiger partial charge in [-0.3, -0.25) is 0 Å². The van der Waals surface area contributed by atoms with Gasteiger partial charge in [0.15, 0.2) is 0 Å². The van der Waals surface area contributed by atoms with Crippen LogP contribution >= 0.6 is 0 Å². The molecular formula is C23H23N5O4. The minimum Gasteiger partial charge on any atom is -0.465 e. The van der Waals surface area contributed by atoms with Crippen LogP contribution in [-0.2, 0) is 9.47 Å². The van der Waals surface area contributed by atoms with Gasteiger partial charge < -0.3 is 9.47 Å². The molecule has 0 radical (unpaired) electrons. The highest BCUT2D eigenvalue weighted by Gasteiger charge is 2.24. The van der Waals surface area contributed by atoms with E-state index in [-0.39, 0.29) is 0 Å². The molecule has 164 valence electrons. The van der Waals surface area contributed by atoms with Gasteiger partial charge >= 0.3 is 12.1 Å². The van der Waals surface area contributed by atoms with Crippen molar-refractivity contribution in [3.05, 3.63) is 59.8 Å². The van der Waals surface area contributed by atoms with Crippen LogP contribution in [0.25, 0.3) is 28.0 Å². The van der Waals surface area contributed by atoms with Crippen LogP contribution in [0.1, 0.15) is 36.7 Å². The van der Waals surface area contributed by atoms with Gasteiger partial charge in [-0.1, -0.05) is 16.8 Å². The minimum atomic E-state index is -0.653. The Balaban J connectivity index is 1.74. The summed E-state index contributed by atoms with van der Waals surface area (Å²) in [6.45, 7) is 7.38. The van der Waals surface area contributed by atoms with Crippen LogP contribution in [-0.4, -0.2) is 49.5 Å². The van der Waals surface area contributed by atoms with Crippen molar-refractivity contribution >= 4 is 23.0 Å². The molecule has 4 aromatic rings. The summed E-state index contributed by atoms with van der Waals surface area (Å²) in [5.74, 6) is -0.412. The van der Waals surface area contributed by atoms with Crippen molar-refractivity contribution in [2.75, 3.05) is 7.11 Å². The van der Waals surface area contributed by atoms with E-state index in [4.69, 9.17) is 9.47 Å². The van der Waals surface area contributed by atoms with Crippen molar-refractivity contribution in [1.29, 1.82) is 0 Å². The van der Waals surface area contributed by atoms with Gasteiger partial charge in [0, 0.05) is 5.39 Å². The van der Waals surface area contributed by atoms with Crippen LogP contribution in [0.5, 0.6) is 0 Å². The van der Waals surface area contributed by atoms with E-state index >= 15 is 0 Å². The first-order valence-corrected chi connectivity index (χ1v) is 10.0. The predicted molar refractivity (Wildman–Crippen MR) is 118 cm³/mol. The van der Waals surface area contributed by atoms with E-state index in [9.17, 15) is 9.59 Å². The number of methoxy groups -OCH3 is 1. The van der Waals surface area contributed by atoms with Gasteiger partial charge in [-0.15, -0.1) is 5.10 Å². The number of rotatable bonds is 3. The van der Waals surface area contributed by atoms with E-state index in [1.807, 2.05) is 25.1 Å². The summed E-state index contributed by atoms with van der Waals surface area (Å²) >= 11 is 0. The zero-order chi connectivity index (χ0) is 23.0. The van der Waals surface area contributed by atoms with Crippen molar-refractivity contribution in [3.63, 3.8) is 0 Å². The molecule has 0 unspecified atom stereocenters. The van der Waals surface area contributed by atoms with E-state index in [1.54, 1.807) is 55.9 Å². The van der Waals surface area contributed by atoms with Crippen molar-refractivity contribution in [3.8, 4) is 17.1 Å². The molecular weight excluding hydrogens is 410 g/mol. The largest absolute Gasteiger partial charge is 0.465 e. The summed E-state index contributed by atoms with van der Waals surface area (Å²) in [6, 6.07) is 12.5. The smallest absolute Gasteiger partial charge is 0.435 e.